The van der Waals surface area contributed by atoms with E-state index >= 15 is 0 Å². The molecule has 2 rings (SSSR count). The van der Waals surface area contributed by atoms with Crippen molar-refractivity contribution in [1.29, 1.82) is 0 Å². The van der Waals surface area contributed by atoms with Gasteiger partial charge in [-0.3, -0.25) is 0 Å². The molecule has 17 heavy (non-hydrogen) atoms. The van der Waals surface area contributed by atoms with E-state index in [0.29, 0.717) is 16.5 Å². The van der Waals surface area contributed by atoms with Crippen molar-refractivity contribution in [3.63, 3.8) is 0 Å². The minimum absolute atomic E-state index is 0.0575. The summed E-state index contributed by atoms with van der Waals surface area (Å²) in [6, 6.07) is 3.01. The van der Waals surface area contributed by atoms with E-state index in [1.165, 1.54) is 6.07 Å². The third-order valence-corrected chi connectivity index (χ3v) is 3.81. The smallest absolute Gasteiger partial charge is 0.139 e. The van der Waals surface area contributed by atoms with Gasteiger partial charge < -0.3 is 16.2 Å². The highest BCUT2D eigenvalue weighted by Gasteiger charge is 2.24. The highest BCUT2D eigenvalue weighted by atomic mass is 35.5. The summed E-state index contributed by atoms with van der Waals surface area (Å²) >= 11 is 11.8. The highest BCUT2D eigenvalue weighted by molar-refractivity contribution is 6.35. The van der Waals surface area contributed by atoms with Crippen LogP contribution in [0.3, 0.4) is 0 Å². The minimum atomic E-state index is -0.215. The minimum Gasteiger partial charge on any atom is -0.506 e. The molecule has 0 radical (unpaired) electrons. The molecule has 0 amide bonds. The Morgan fingerprint density at radius 2 is 1.94 bits per heavy atom. The van der Waals surface area contributed by atoms with Crippen LogP contribution < -0.4 is 11.1 Å². The second-order valence-electron chi connectivity index (χ2n) is 4.44. The normalized spacial score (nSPS) is 19.2. The van der Waals surface area contributed by atoms with Gasteiger partial charge in [0.1, 0.15) is 5.75 Å². The second-order valence-corrected chi connectivity index (χ2v) is 5.28. The van der Waals surface area contributed by atoms with Crippen molar-refractivity contribution in [1.82, 2.24) is 5.32 Å². The fourth-order valence-electron chi connectivity index (χ4n) is 2.30. The van der Waals surface area contributed by atoms with Crippen LogP contribution in [0.2, 0.25) is 10.0 Å². The lowest BCUT2D eigenvalue weighted by Crippen LogP contribution is -2.33. The molecule has 1 heterocycles. The summed E-state index contributed by atoms with van der Waals surface area (Å²) in [5.41, 5.74) is 6.85. The summed E-state index contributed by atoms with van der Waals surface area (Å²) in [5, 5.41) is 14.0. The molecule has 0 aromatic heterocycles. The molecule has 1 aliphatic rings. The van der Waals surface area contributed by atoms with Crippen molar-refractivity contribution in [2.24, 2.45) is 11.7 Å². The van der Waals surface area contributed by atoms with Gasteiger partial charge in [-0.1, -0.05) is 23.2 Å². The molecule has 1 fully saturated rings. The zero-order valence-electron chi connectivity index (χ0n) is 9.42. The van der Waals surface area contributed by atoms with E-state index in [1.807, 2.05) is 0 Å². The number of halogens is 2. The Bertz CT molecular complexity index is 406. The van der Waals surface area contributed by atoms with Crippen LogP contribution in [-0.4, -0.2) is 18.2 Å². The lowest BCUT2D eigenvalue weighted by molar-refractivity contribution is 0.316. The summed E-state index contributed by atoms with van der Waals surface area (Å²) in [5.74, 6) is 0.416. The molecule has 5 heteroatoms. The summed E-state index contributed by atoms with van der Waals surface area (Å²) in [6.45, 7) is 1.93. The summed E-state index contributed by atoms with van der Waals surface area (Å²) in [6.07, 6.45) is 2.01. The number of piperidine rings is 1. The standard InChI is InChI=1S/C12H16Cl2N2O/c13-8-5-9(12(17)10(14)6-8)11(15)7-1-3-16-4-2-7/h5-7,11,16-17H,1-4,15H2/t11-/m1/s1. The quantitative estimate of drug-likeness (QED) is 0.777. The monoisotopic (exact) mass is 274 g/mol. The predicted octanol–water partition coefficient (Wildman–Crippen LogP) is 2.70. The second kappa shape index (κ2) is 5.44. The van der Waals surface area contributed by atoms with E-state index in [-0.39, 0.29) is 16.8 Å². The topological polar surface area (TPSA) is 58.3 Å². The van der Waals surface area contributed by atoms with Crippen molar-refractivity contribution >= 4 is 23.2 Å². The van der Waals surface area contributed by atoms with Gasteiger partial charge in [0, 0.05) is 16.6 Å². The molecule has 4 N–H and O–H groups in total. The first-order valence-corrected chi connectivity index (χ1v) is 6.49. The number of phenols is 1. The number of hydrogen-bond acceptors (Lipinski definition) is 3. The number of rotatable bonds is 2. The molecule has 94 valence electrons. The fraction of sp³-hybridized carbons (Fsp3) is 0.500. The number of nitrogens with one attached hydrogen (secondary N) is 1. The summed E-state index contributed by atoms with van der Waals surface area (Å²) < 4.78 is 0. The van der Waals surface area contributed by atoms with Crippen LogP contribution in [0.25, 0.3) is 0 Å². The van der Waals surface area contributed by atoms with Gasteiger partial charge in [-0.25, -0.2) is 0 Å². The summed E-state index contributed by atoms with van der Waals surface area (Å²) in [7, 11) is 0. The molecule has 0 saturated carbocycles. The third-order valence-electron chi connectivity index (χ3n) is 3.31. The molecule has 1 atom stereocenters. The average Bonchev–Trinajstić information content (AvgIpc) is 2.34. The van der Waals surface area contributed by atoms with Gasteiger partial charge in [-0.05, 0) is 44.0 Å². The Balaban J connectivity index is 2.26. The van der Waals surface area contributed by atoms with E-state index in [4.69, 9.17) is 28.9 Å². The number of aromatic hydroxyl groups is 1. The van der Waals surface area contributed by atoms with Crippen LogP contribution in [0.15, 0.2) is 12.1 Å². The van der Waals surface area contributed by atoms with Crippen molar-refractivity contribution < 1.29 is 5.11 Å². The maximum absolute atomic E-state index is 9.94. The Kier molecular flexibility index (Phi) is 4.15. The van der Waals surface area contributed by atoms with Crippen LogP contribution >= 0.6 is 23.2 Å². The SMILES string of the molecule is N[C@@H](c1cc(Cl)cc(Cl)c1O)C1CCNCC1. The largest absolute Gasteiger partial charge is 0.506 e. The van der Waals surface area contributed by atoms with Crippen molar-refractivity contribution in [3.8, 4) is 5.75 Å². The van der Waals surface area contributed by atoms with Gasteiger partial charge in [0.2, 0.25) is 0 Å². The molecule has 1 aliphatic heterocycles. The molecule has 0 bridgehead atoms. The van der Waals surface area contributed by atoms with Crippen molar-refractivity contribution in [3.05, 3.63) is 27.7 Å². The Labute approximate surface area is 111 Å². The molecule has 0 aliphatic carbocycles. The van der Waals surface area contributed by atoms with Crippen LogP contribution in [-0.2, 0) is 0 Å². The van der Waals surface area contributed by atoms with E-state index in [1.54, 1.807) is 6.07 Å². The van der Waals surface area contributed by atoms with Crippen LogP contribution in [0, 0.1) is 5.92 Å². The molecule has 1 aromatic carbocycles. The van der Waals surface area contributed by atoms with Crippen LogP contribution in [0.5, 0.6) is 5.75 Å². The molecular weight excluding hydrogens is 259 g/mol. The Morgan fingerprint density at radius 3 is 2.59 bits per heavy atom. The first-order chi connectivity index (χ1) is 8.09. The summed E-state index contributed by atoms with van der Waals surface area (Å²) in [4.78, 5) is 0. The Morgan fingerprint density at radius 1 is 1.29 bits per heavy atom. The maximum atomic E-state index is 9.94. The van der Waals surface area contributed by atoms with Gasteiger partial charge in [0.15, 0.2) is 0 Å². The zero-order valence-corrected chi connectivity index (χ0v) is 10.9. The zero-order chi connectivity index (χ0) is 12.4. The van der Waals surface area contributed by atoms with Crippen molar-refractivity contribution in [2.75, 3.05) is 13.1 Å². The molecule has 1 aromatic rings. The predicted molar refractivity (Wildman–Crippen MR) is 70.6 cm³/mol. The molecule has 3 nitrogen and oxygen atoms in total. The van der Waals surface area contributed by atoms with E-state index in [9.17, 15) is 5.11 Å². The third kappa shape index (κ3) is 2.86. The van der Waals surface area contributed by atoms with Gasteiger partial charge in [-0.2, -0.15) is 0 Å². The lowest BCUT2D eigenvalue weighted by atomic mass is 9.86. The van der Waals surface area contributed by atoms with Gasteiger partial charge in [0.05, 0.1) is 5.02 Å². The average molecular weight is 275 g/mol. The highest BCUT2D eigenvalue weighted by Crippen LogP contribution is 2.38. The first kappa shape index (κ1) is 13.0. The van der Waals surface area contributed by atoms with E-state index < -0.39 is 0 Å². The van der Waals surface area contributed by atoms with Crippen molar-refractivity contribution in [2.45, 2.75) is 18.9 Å². The van der Waals surface area contributed by atoms with Crippen LogP contribution in [0.1, 0.15) is 24.4 Å². The molecule has 1 saturated heterocycles. The Hall–Kier alpha value is -0.480. The lowest BCUT2D eigenvalue weighted by Gasteiger charge is -2.29. The van der Waals surface area contributed by atoms with E-state index in [2.05, 4.69) is 5.32 Å². The van der Waals surface area contributed by atoms with E-state index in [0.717, 1.165) is 25.9 Å². The van der Waals surface area contributed by atoms with Crippen LogP contribution in [0.4, 0.5) is 0 Å². The van der Waals surface area contributed by atoms with Gasteiger partial charge >= 0.3 is 0 Å². The molecular formula is C12H16Cl2N2O. The van der Waals surface area contributed by atoms with Gasteiger partial charge in [0.25, 0.3) is 0 Å². The number of nitrogens with two attached hydrogens (primary N) is 1. The number of benzene rings is 1. The van der Waals surface area contributed by atoms with Gasteiger partial charge in [-0.15, -0.1) is 0 Å². The molecule has 0 unspecified atom stereocenters. The number of phenolic OH excluding ortho intramolecular Hbond substituents is 1. The first-order valence-electron chi connectivity index (χ1n) is 5.74. The fourth-order valence-corrected chi connectivity index (χ4v) is 2.81. The maximum Gasteiger partial charge on any atom is 0.139 e. The number of hydrogen-bond donors (Lipinski definition) is 3. The molecule has 0 spiro atoms.